The van der Waals surface area contributed by atoms with E-state index in [2.05, 4.69) is 20.3 Å². The lowest BCUT2D eigenvalue weighted by molar-refractivity contribution is -0.131. The molecular formula is C38H40Cl2F2N6O8S2. The number of nitrogens with two attached hydrogens (primary N) is 2. The van der Waals surface area contributed by atoms with Crippen LogP contribution in [-0.4, -0.2) is 52.5 Å². The Morgan fingerprint density at radius 3 is 1.22 bits per heavy atom. The Kier molecular flexibility index (Phi) is 14.1. The number of rotatable bonds is 14. The van der Waals surface area contributed by atoms with Gasteiger partial charge < -0.3 is 11.5 Å². The second-order valence-corrected chi connectivity index (χ2v) is 17.8. The summed E-state index contributed by atoms with van der Waals surface area (Å²) in [5.41, 5.74) is 15.7. The minimum absolute atomic E-state index is 0.0300. The average molecular weight is 882 g/mol. The molecule has 0 unspecified atom stereocenters. The number of halogens is 4. The van der Waals surface area contributed by atoms with Gasteiger partial charge in [-0.15, -0.1) is 0 Å². The normalized spacial score (nSPS) is 13.9. The largest absolute Gasteiger partial charge is 0.366 e. The minimum Gasteiger partial charge on any atom is -0.366 e. The van der Waals surface area contributed by atoms with E-state index in [1.165, 1.54) is 26.0 Å². The maximum atomic E-state index is 15.4. The van der Waals surface area contributed by atoms with E-state index in [0.29, 0.717) is 22.3 Å². The fraction of sp³-hybridized carbons (Fsp3) is 0.263. The van der Waals surface area contributed by atoms with Gasteiger partial charge in [0.15, 0.2) is 0 Å². The smallest absolute Gasteiger partial charge is 0.257 e. The summed E-state index contributed by atoms with van der Waals surface area (Å²) in [6.45, 7) is 9.09. The van der Waals surface area contributed by atoms with Crippen LogP contribution in [0.2, 0.25) is 10.0 Å². The molecule has 0 fully saturated rings. The molecule has 4 atom stereocenters. The number of hydrogen-bond acceptors (Lipinski definition) is 8. The molecule has 8 N–H and O–H groups in total. The van der Waals surface area contributed by atoms with Crippen LogP contribution in [0, 0.1) is 39.3 Å². The molecule has 0 saturated carbocycles. The summed E-state index contributed by atoms with van der Waals surface area (Å²) in [5.74, 6) is -9.12. The van der Waals surface area contributed by atoms with E-state index < -0.39 is 100 Å². The van der Waals surface area contributed by atoms with Crippen molar-refractivity contribution in [3.8, 4) is 0 Å². The highest BCUT2D eigenvalue weighted by Crippen LogP contribution is 2.32. The molecule has 4 aromatic carbocycles. The van der Waals surface area contributed by atoms with Gasteiger partial charge in [0.05, 0.1) is 20.9 Å². The number of hydrogen-bond donors (Lipinski definition) is 6. The maximum Gasteiger partial charge on any atom is 0.257 e. The molecule has 0 radical (unpaired) electrons. The molecule has 0 spiro atoms. The molecule has 0 saturated heterocycles. The first kappa shape index (κ1) is 45.7. The highest BCUT2D eigenvalue weighted by Gasteiger charge is 2.38. The Labute approximate surface area is 344 Å². The van der Waals surface area contributed by atoms with Crippen LogP contribution >= 0.6 is 23.2 Å². The fourth-order valence-electron chi connectivity index (χ4n) is 6.42. The van der Waals surface area contributed by atoms with Gasteiger partial charge in [-0.05, 0) is 110 Å². The Morgan fingerprint density at radius 1 is 0.586 bits per heavy atom. The summed E-state index contributed by atoms with van der Waals surface area (Å²) in [6.07, 6.45) is 0. The van der Waals surface area contributed by atoms with Crippen molar-refractivity contribution in [1.29, 1.82) is 0 Å². The SMILES string of the molecule is Cc1ccc(F)c([C@@H](C)[C@H](NS(=O)(=O)c2ccc(Cl)cc2C(N)=O)C(=O)NNC(=O)[C@@H](NS(=O)(=O)c2ccc(Cl)cc2C(N)=O)[C@H](C)c2c(F)ccc(C)c2C)c1C. The van der Waals surface area contributed by atoms with Gasteiger partial charge in [0, 0.05) is 21.9 Å². The average Bonchev–Trinajstić information content (AvgIpc) is 3.14. The summed E-state index contributed by atoms with van der Waals surface area (Å²) >= 11 is 11.9. The Balaban J connectivity index is 1.79. The van der Waals surface area contributed by atoms with Gasteiger partial charge in [-0.25, -0.2) is 25.6 Å². The van der Waals surface area contributed by atoms with Crippen LogP contribution in [0.5, 0.6) is 0 Å². The van der Waals surface area contributed by atoms with Crippen LogP contribution in [-0.2, 0) is 29.6 Å². The molecule has 4 aromatic rings. The third-order valence-corrected chi connectivity index (χ3v) is 13.3. The van der Waals surface area contributed by atoms with Gasteiger partial charge in [-0.1, -0.05) is 49.2 Å². The number of hydrazine groups is 1. The van der Waals surface area contributed by atoms with E-state index in [4.69, 9.17) is 34.7 Å². The van der Waals surface area contributed by atoms with Crippen LogP contribution < -0.4 is 31.8 Å². The lowest BCUT2D eigenvalue weighted by atomic mass is 9.87. The van der Waals surface area contributed by atoms with Crippen molar-refractivity contribution in [2.45, 2.75) is 75.3 Å². The first-order valence-electron chi connectivity index (χ1n) is 17.2. The molecule has 0 aromatic heterocycles. The minimum atomic E-state index is -4.86. The number of amides is 4. The number of primary amides is 2. The van der Waals surface area contributed by atoms with Crippen molar-refractivity contribution in [1.82, 2.24) is 20.3 Å². The molecular weight excluding hydrogens is 841 g/mol. The van der Waals surface area contributed by atoms with Crippen LogP contribution in [0.4, 0.5) is 8.78 Å². The third kappa shape index (κ3) is 9.82. The van der Waals surface area contributed by atoms with Crippen molar-refractivity contribution < 1.29 is 44.8 Å². The van der Waals surface area contributed by atoms with Crippen molar-refractivity contribution in [2.75, 3.05) is 0 Å². The van der Waals surface area contributed by atoms with Crippen LogP contribution in [0.25, 0.3) is 0 Å². The van der Waals surface area contributed by atoms with Crippen LogP contribution in [0.1, 0.15) is 79.8 Å². The van der Waals surface area contributed by atoms with Gasteiger partial charge in [0.1, 0.15) is 23.7 Å². The first-order chi connectivity index (χ1) is 26.9. The highest BCUT2D eigenvalue weighted by molar-refractivity contribution is 7.90. The molecule has 0 aliphatic carbocycles. The summed E-state index contributed by atoms with van der Waals surface area (Å²) in [7, 11) is -9.72. The first-order valence-corrected chi connectivity index (χ1v) is 21.0. The van der Waals surface area contributed by atoms with Gasteiger partial charge in [0.2, 0.25) is 31.9 Å². The number of sulfonamides is 2. The van der Waals surface area contributed by atoms with Crippen molar-refractivity contribution >= 4 is 66.9 Å². The van der Waals surface area contributed by atoms with Crippen molar-refractivity contribution in [3.05, 3.63) is 127 Å². The maximum absolute atomic E-state index is 15.4. The quantitative estimate of drug-likeness (QED) is 0.0988. The van der Waals surface area contributed by atoms with E-state index in [0.717, 1.165) is 48.5 Å². The Bertz CT molecular complexity index is 2380. The van der Waals surface area contributed by atoms with E-state index in [-0.39, 0.29) is 21.2 Å². The zero-order valence-corrected chi connectivity index (χ0v) is 35.0. The number of benzene rings is 4. The zero-order chi connectivity index (χ0) is 43.6. The Morgan fingerprint density at radius 2 is 0.914 bits per heavy atom. The summed E-state index contributed by atoms with van der Waals surface area (Å²) in [5, 5.41) is -0.0599. The summed E-state index contributed by atoms with van der Waals surface area (Å²) < 4.78 is 90.7. The zero-order valence-electron chi connectivity index (χ0n) is 31.8. The standard InChI is InChI=1S/C38H40Cl2F2N6O8S2/c1-17-7-11-27(41)31(19(17)3)21(5)33(47-57(53,54)29-13-9-23(39)15-25(29)35(43)49)37(51)45-46-38(52)34(22(6)32-20(4)18(2)8-12-28(32)42)48-58(55,56)30-14-10-24(40)16-26(30)36(44)50/h7-16,21-22,33-34,47-48H,1-6H3,(H2,43,49)(H2,44,50)(H,45,51)(H,46,52)/t21-,22-,33+,34+/m1/s1. The highest BCUT2D eigenvalue weighted by atomic mass is 35.5. The van der Waals surface area contributed by atoms with Gasteiger partial charge in [-0.2, -0.15) is 9.44 Å². The lowest BCUT2D eigenvalue weighted by Gasteiger charge is -2.29. The van der Waals surface area contributed by atoms with Gasteiger partial charge in [-0.3, -0.25) is 30.0 Å². The predicted octanol–water partition coefficient (Wildman–Crippen LogP) is 4.45. The van der Waals surface area contributed by atoms with E-state index in [9.17, 15) is 36.0 Å². The van der Waals surface area contributed by atoms with Crippen LogP contribution in [0.15, 0.2) is 70.5 Å². The summed E-state index contributed by atoms with van der Waals surface area (Å²) in [4.78, 5) is 51.3. The number of aryl methyl sites for hydroxylation is 2. The van der Waals surface area contributed by atoms with E-state index in [1.54, 1.807) is 27.7 Å². The second-order valence-electron chi connectivity index (χ2n) is 13.6. The summed E-state index contributed by atoms with van der Waals surface area (Å²) in [6, 6.07) is 7.58. The third-order valence-electron chi connectivity index (χ3n) is 9.81. The second kappa shape index (κ2) is 17.9. The molecule has 0 heterocycles. The molecule has 310 valence electrons. The molecule has 4 amide bonds. The molecule has 20 heteroatoms. The molecule has 0 aliphatic heterocycles. The molecule has 58 heavy (non-hydrogen) atoms. The van der Waals surface area contributed by atoms with Gasteiger partial charge in [0.25, 0.3) is 11.8 Å². The van der Waals surface area contributed by atoms with Crippen molar-refractivity contribution in [3.63, 3.8) is 0 Å². The number of nitrogens with one attached hydrogen (secondary N) is 4. The Hall–Kier alpha value is -4.98. The lowest BCUT2D eigenvalue weighted by Crippen LogP contribution is -2.58. The van der Waals surface area contributed by atoms with Gasteiger partial charge >= 0.3 is 0 Å². The molecule has 4 rings (SSSR count). The predicted molar refractivity (Wildman–Crippen MR) is 213 cm³/mol. The van der Waals surface area contributed by atoms with E-state index >= 15 is 8.78 Å². The number of carbonyl (C=O) groups is 4. The fourth-order valence-corrected chi connectivity index (χ4v) is 9.71. The number of carbonyl (C=O) groups excluding carboxylic acids is 4. The van der Waals surface area contributed by atoms with Crippen LogP contribution in [0.3, 0.4) is 0 Å². The van der Waals surface area contributed by atoms with Crippen molar-refractivity contribution in [2.24, 2.45) is 11.5 Å². The molecule has 14 nitrogen and oxygen atoms in total. The van der Waals surface area contributed by atoms with E-state index in [1.807, 2.05) is 0 Å². The monoisotopic (exact) mass is 880 g/mol. The molecule has 0 bridgehead atoms. The molecule has 0 aliphatic rings. The topological polar surface area (TPSA) is 237 Å².